The first kappa shape index (κ1) is 13.8. The summed E-state index contributed by atoms with van der Waals surface area (Å²) >= 11 is 1.73. The Morgan fingerprint density at radius 1 is 1.69 bits per heavy atom. The number of rotatable bonds is 6. The minimum atomic E-state index is -0.918. The van der Waals surface area contributed by atoms with E-state index < -0.39 is 12.0 Å². The van der Waals surface area contributed by atoms with Crippen LogP contribution >= 0.6 is 11.8 Å². The SMILES string of the molecule is CC1(C)CCC(CSCCC(N)C(=O)O)O1. The van der Waals surface area contributed by atoms with Crippen LogP contribution in [0.5, 0.6) is 0 Å². The first-order valence-electron chi connectivity index (χ1n) is 5.65. The molecule has 4 nitrogen and oxygen atoms in total. The van der Waals surface area contributed by atoms with Crippen LogP contribution in [0.4, 0.5) is 0 Å². The van der Waals surface area contributed by atoms with Crippen LogP contribution in [0.2, 0.25) is 0 Å². The molecule has 0 aromatic carbocycles. The Bertz CT molecular complexity index is 245. The highest BCUT2D eigenvalue weighted by Gasteiger charge is 2.31. The number of carbonyl (C=O) groups is 1. The van der Waals surface area contributed by atoms with Crippen LogP contribution in [0.15, 0.2) is 0 Å². The molecule has 2 unspecified atom stereocenters. The van der Waals surface area contributed by atoms with Gasteiger partial charge in [-0.2, -0.15) is 11.8 Å². The topological polar surface area (TPSA) is 72.6 Å². The van der Waals surface area contributed by atoms with Crippen LogP contribution in [0.25, 0.3) is 0 Å². The van der Waals surface area contributed by atoms with E-state index in [2.05, 4.69) is 13.8 Å². The van der Waals surface area contributed by atoms with Crippen LogP contribution in [-0.4, -0.2) is 40.3 Å². The second kappa shape index (κ2) is 5.89. The van der Waals surface area contributed by atoms with Gasteiger partial charge in [0.25, 0.3) is 0 Å². The molecule has 0 radical (unpaired) electrons. The highest BCUT2D eigenvalue weighted by molar-refractivity contribution is 7.99. The largest absolute Gasteiger partial charge is 0.480 e. The molecule has 94 valence electrons. The molecule has 1 aliphatic heterocycles. The van der Waals surface area contributed by atoms with Gasteiger partial charge in [-0.05, 0) is 38.9 Å². The number of hydrogen-bond acceptors (Lipinski definition) is 4. The summed E-state index contributed by atoms with van der Waals surface area (Å²) in [6.07, 6.45) is 3.05. The summed E-state index contributed by atoms with van der Waals surface area (Å²) in [4.78, 5) is 10.5. The number of thioether (sulfide) groups is 1. The zero-order valence-corrected chi connectivity index (χ0v) is 10.8. The van der Waals surface area contributed by atoms with Gasteiger partial charge in [-0.3, -0.25) is 4.79 Å². The Labute approximate surface area is 101 Å². The van der Waals surface area contributed by atoms with E-state index in [1.165, 1.54) is 0 Å². The molecule has 0 aromatic heterocycles. The highest BCUT2D eigenvalue weighted by Crippen LogP contribution is 2.31. The summed E-state index contributed by atoms with van der Waals surface area (Å²) in [5.41, 5.74) is 5.43. The summed E-state index contributed by atoms with van der Waals surface area (Å²) in [6, 6.07) is -0.728. The fourth-order valence-electron chi connectivity index (χ4n) is 1.74. The first-order chi connectivity index (χ1) is 7.41. The van der Waals surface area contributed by atoms with E-state index in [0.29, 0.717) is 12.5 Å². The van der Waals surface area contributed by atoms with E-state index in [1.54, 1.807) is 11.8 Å². The molecule has 0 aliphatic carbocycles. The average Bonchev–Trinajstić information content (AvgIpc) is 2.52. The first-order valence-corrected chi connectivity index (χ1v) is 6.80. The monoisotopic (exact) mass is 247 g/mol. The molecule has 0 spiro atoms. The van der Waals surface area contributed by atoms with Gasteiger partial charge in [0.2, 0.25) is 0 Å². The Kier molecular flexibility index (Phi) is 5.08. The summed E-state index contributed by atoms with van der Waals surface area (Å²) in [5.74, 6) is 0.808. The van der Waals surface area contributed by atoms with Crippen LogP contribution in [-0.2, 0) is 9.53 Å². The summed E-state index contributed by atoms with van der Waals surface area (Å²) in [5, 5.41) is 8.60. The summed E-state index contributed by atoms with van der Waals surface area (Å²) in [7, 11) is 0. The third-order valence-corrected chi connectivity index (χ3v) is 3.88. The maximum absolute atomic E-state index is 10.5. The average molecular weight is 247 g/mol. The van der Waals surface area contributed by atoms with Crippen molar-refractivity contribution in [3.8, 4) is 0 Å². The summed E-state index contributed by atoms with van der Waals surface area (Å²) in [6.45, 7) is 4.22. The second-order valence-electron chi connectivity index (χ2n) is 4.85. The Morgan fingerprint density at radius 2 is 2.38 bits per heavy atom. The van der Waals surface area contributed by atoms with Gasteiger partial charge in [0.15, 0.2) is 0 Å². The van der Waals surface area contributed by atoms with Crippen molar-refractivity contribution in [2.24, 2.45) is 5.73 Å². The van der Waals surface area contributed by atoms with Crippen LogP contribution < -0.4 is 5.73 Å². The zero-order chi connectivity index (χ0) is 12.2. The molecule has 16 heavy (non-hydrogen) atoms. The van der Waals surface area contributed by atoms with Crippen molar-refractivity contribution < 1.29 is 14.6 Å². The molecule has 1 heterocycles. The molecule has 2 atom stereocenters. The molecule has 1 saturated heterocycles. The number of aliphatic carboxylic acids is 1. The molecule has 0 aromatic rings. The highest BCUT2D eigenvalue weighted by atomic mass is 32.2. The molecule has 1 fully saturated rings. The van der Waals surface area contributed by atoms with Gasteiger partial charge in [-0.15, -0.1) is 0 Å². The van der Waals surface area contributed by atoms with Crippen molar-refractivity contribution in [2.45, 2.75) is 50.9 Å². The Hall–Kier alpha value is -0.260. The number of carboxylic acid groups (broad SMARTS) is 1. The number of hydrogen-bond donors (Lipinski definition) is 2. The van der Waals surface area contributed by atoms with Gasteiger partial charge in [-0.25, -0.2) is 0 Å². The molecule has 0 bridgehead atoms. The molecule has 3 N–H and O–H groups in total. The van der Waals surface area contributed by atoms with Crippen molar-refractivity contribution in [1.82, 2.24) is 0 Å². The molecule has 1 rings (SSSR count). The normalized spacial score (nSPS) is 25.6. The Morgan fingerprint density at radius 3 is 2.88 bits per heavy atom. The maximum atomic E-state index is 10.5. The van der Waals surface area contributed by atoms with Crippen LogP contribution in [0.1, 0.15) is 33.1 Å². The van der Waals surface area contributed by atoms with Gasteiger partial charge in [0, 0.05) is 5.75 Å². The van der Waals surface area contributed by atoms with Crippen LogP contribution in [0, 0.1) is 0 Å². The van der Waals surface area contributed by atoms with Crippen molar-refractivity contribution in [3.63, 3.8) is 0 Å². The number of nitrogens with two attached hydrogens (primary N) is 1. The smallest absolute Gasteiger partial charge is 0.320 e. The summed E-state index contributed by atoms with van der Waals surface area (Å²) < 4.78 is 5.83. The minimum absolute atomic E-state index is 0.0166. The molecule has 0 amide bonds. The van der Waals surface area contributed by atoms with Gasteiger partial charge < -0.3 is 15.6 Å². The third-order valence-electron chi connectivity index (χ3n) is 2.75. The lowest BCUT2D eigenvalue weighted by Crippen LogP contribution is -2.30. The van der Waals surface area contributed by atoms with Gasteiger partial charge >= 0.3 is 5.97 Å². The van der Waals surface area contributed by atoms with E-state index in [4.69, 9.17) is 15.6 Å². The lowest BCUT2D eigenvalue weighted by Gasteiger charge is -2.19. The molecule has 0 saturated carbocycles. The zero-order valence-electron chi connectivity index (χ0n) is 9.94. The predicted molar refractivity (Wildman–Crippen MR) is 65.7 cm³/mol. The molecule has 5 heteroatoms. The minimum Gasteiger partial charge on any atom is -0.480 e. The molecule has 1 aliphatic rings. The fraction of sp³-hybridized carbons (Fsp3) is 0.909. The lowest BCUT2D eigenvalue weighted by atomic mass is 10.1. The van der Waals surface area contributed by atoms with Gasteiger partial charge in [0.05, 0.1) is 11.7 Å². The third kappa shape index (κ3) is 4.72. The van der Waals surface area contributed by atoms with Crippen LogP contribution in [0.3, 0.4) is 0 Å². The van der Waals surface area contributed by atoms with Crippen molar-refractivity contribution >= 4 is 17.7 Å². The fourth-order valence-corrected chi connectivity index (χ4v) is 2.83. The Balaban J connectivity index is 2.06. The molecular formula is C11H21NO3S. The number of ether oxygens (including phenoxy) is 1. The van der Waals surface area contributed by atoms with Crippen molar-refractivity contribution in [1.29, 1.82) is 0 Å². The van der Waals surface area contributed by atoms with Gasteiger partial charge in [-0.1, -0.05) is 0 Å². The standard InChI is InChI=1S/C11H21NO3S/c1-11(2)5-3-8(15-11)7-16-6-4-9(12)10(13)14/h8-9H,3-7,12H2,1-2H3,(H,13,14). The van der Waals surface area contributed by atoms with Crippen molar-refractivity contribution in [3.05, 3.63) is 0 Å². The van der Waals surface area contributed by atoms with E-state index in [9.17, 15) is 4.79 Å². The van der Waals surface area contributed by atoms with E-state index in [-0.39, 0.29) is 5.60 Å². The lowest BCUT2D eigenvalue weighted by molar-refractivity contribution is -0.138. The maximum Gasteiger partial charge on any atom is 0.320 e. The van der Waals surface area contributed by atoms with Gasteiger partial charge in [0.1, 0.15) is 6.04 Å². The van der Waals surface area contributed by atoms with E-state index in [0.717, 1.165) is 24.3 Å². The van der Waals surface area contributed by atoms with Crippen molar-refractivity contribution in [2.75, 3.05) is 11.5 Å². The second-order valence-corrected chi connectivity index (χ2v) is 6.00. The van der Waals surface area contributed by atoms with E-state index >= 15 is 0 Å². The number of carboxylic acids is 1. The predicted octanol–water partition coefficient (Wildman–Crippen LogP) is 1.48. The van der Waals surface area contributed by atoms with E-state index in [1.807, 2.05) is 0 Å². The quantitative estimate of drug-likeness (QED) is 0.696. The molecular weight excluding hydrogens is 226 g/mol.